The molecule has 0 unspecified atom stereocenters. The minimum atomic E-state index is -0.634. The van der Waals surface area contributed by atoms with Gasteiger partial charge in [-0.05, 0) is 11.5 Å². The molecule has 149 valence electrons. The van der Waals surface area contributed by atoms with Crippen molar-refractivity contribution < 1.29 is 42.6 Å². The Bertz CT molecular complexity index is 1690. The number of fused-ring (bicyclic) bond motifs is 2. The van der Waals surface area contributed by atoms with Crippen molar-refractivity contribution in [2.24, 2.45) is 0 Å². The van der Waals surface area contributed by atoms with Gasteiger partial charge in [-0.3, -0.25) is 9.59 Å². The third-order valence-electron chi connectivity index (χ3n) is 5.36. The van der Waals surface area contributed by atoms with Crippen LogP contribution < -0.4 is 20.9 Å². The largest absolute Gasteiger partial charge is 0.698 e. The second-order valence-electron chi connectivity index (χ2n) is 6.98. The van der Waals surface area contributed by atoms with Crippen molar-refractivity contribution in [3.05, 3.63) is 108 Å². The van der Waals surface area contributed by atoms with Gasteiger partial charge in [-0.2, -0.15) is 0 Å². The van der Waals surface area contributed by atoms with Crippen LogP contribution >= 0.6 is 0 Å². The van der Waals surface area contributed by atoms with E-state index in [0.717, 1.165) is 0 Å². The number of benzene rings is 3. The minimum Gasteiger partial charge on any atom is -0.698 e. The molecule has 1 aliphatic carbocycles. The summed E-state index contributed by atoms with van der Waals surface area (Å²) in [7, 11) is 1.42. The molecule has 1 heterocycles. The van der Waals surface area contributed by atoms with Crippen molar-refractivity contribution in [2.45, 2.75) is 0 Å². The molecule has 31 heavy (non-hydrogen) atoms. The molecule has 0 spiro atoms. The van der Waals surface area contributed by atoms with Crippen molar-refractivity contribution in [3.63, 3.8) is 0 Å². The van der Waals surface area contributed by atoms with Gasteiger partial charge in [-0.15, -0.1) is 5.69 Å². The van der Waals surface area contributed by atoms with E-state index in [9.17, 15) is 14.7 Å². The van der Waals surface area contributed by atoms with Crippen LogP contribution in [0.1, 0.15) is 5.56 Å². The van der Waals surface area contributed by atoms with E-state index in [1.807, 2.05) is 0 Å². The molecule has 6 nitrogen and oxygen atoms in total. The molecular weight excluding hydrogens is 469 g/mol. The van der Waals surface area contributed by atoms with E-state index in [-0.39, 0.29) is 71.5 Å². The Balaban J connectivity index is 0.00000231. The molecule has 0 aromatic heterocycles. The predicted molar refractivity (Wildman–Crippen MR) is 116 cm³/mol. The zero-order chi connectivity index (χ0) is 21.0. The topological polar surface area (TPSA) is 100 Å². The van der Waals surface area contributed by atoms with E-state index in [1.54, 1.807) is 54.6 Å². The van der Waals surface area contributed by atoms with Crippen LogP contribution in [0.3, 0.4) is 0 Å². The monoisotopic (exact) mass is 484 g/mol. The first kappa shape index (κ1) is 21.2. The molecule has 2 N–H and O–H groups in total. The smallest absolute Gasteiger partial charge is 0.282 e. The van der Waals surface area contributed by atoms with Crippen LogP contribution in [0.15, 0.2) is 70.3 Å². The van der Waals surface area contributed by atoms with Crippen LogP contribution in [0, 0.1) is 10.4 Å². The summed E-state index contributed by atoms with van der Waals surface area (Å²) in [4.78, 5) is 30.5. The Morgan fingerprint density at radius 2 is 1.61 bits per heavy atom. The molecule has 1 aliphatic heterocycles. The molecule has 1 radical (unpaired) electrons. The van der Waals surface area contributed by atoms with Crippen molar-refractivity contribution in [1.29, 1.82) is 0 Å². The van der Waals surface area contributed by atoms with Crippen LogP contribution in [0.5, 0.6) is 5.75 Å². The van der Waals surface area contributed by atoms with Crippen LogP contribution in [-0.2, 0) is 32.7 Å². The fourth-order valence-corrected chi connectivity index (χ4v) is 4.05. The minimum absolute atomic E-state index is 0. The molecule has 3 aromatic rings. The van der Waals surface area contributed by atoms with E-state index in [2.05, 4.69) is 4.98 Å². The SMILES string of the molecule is COc1cc([NH-])c2c3c1nc(=O)/c(=C(\O)c1ccccc1)c=3c1ccccc1c2=O.[Y]. The Morgan fingerprint density at radius 1 is 0.968 bits per heavy atom. The number of aromatic nitrogens is 1. The summed E-state index contributed by atoms with van der Waals surface area (Å²) in [5.74, 6) is 0.00415. The van der Waals surface area contributed by atoms with Crippen LogP contribution in [0.2, 0.25) is 0 Å². The van der Waals surface area contributed by atoms with Gasteiger partial charge in [-0.1, -0.05) is 54.6 Å². The number of aliphatic hydroxyl groups excluding tert-OH is 1. The van der Waals surface area contributed by atoms with Gasteiger partial charge >= 0.3 is 0 Å². The normalized spacial score (nSPS) is 12.2. The third kappa shape index (κ3) is 3.06. The average Bonchev–Trinajstić information content (AvgIpc) is 2.77. The van der Waals surface area contributed by atoms with Gasteiger partial charge in [0.05, 0.1) is 12.3 Å². The summed E-state index contributed by atoms with van der Waals surface area (Å²) < 4.78 is 5.35. The summed E-state index contributed by atoms with van der Waals surface area (Å²) in [6.45, 7) is 0. The maximum absolute atomic E-state index is 13.2. The molecule has 0 atom stereocenters. The maximum atomic E-state index is 13.2. The van der Waals surface area contributed by atoms with Crippen molar-refractivity contribution in [2.75, 3.05) is 7.11 Å². The summed E-state index contributed by atoms with van der Waals surface area (Å²) >= 11 is 0. The van der Waals surface area contributed by atoms with Gasteiger partial charge in [0.2, 0.25) is 0 Å². The second-order valence-corrected chi connectivity index (χ2v) is 6.98. The molecule has 5 rings (SSSR count). The van der Waals surface area contributed by atoms with Crippen molar-refractivity contribution in [3.8, 4) is 5.75 Å². The maximum Gasteiger partial charge on any atom is 0.282 e. The van der Waals surface area contributed by atoms with E-state index in [1.165, 1.54) is 13.2 Å². The van der Waals surface area contributed by atoms with Crippen molar-refractivity contribution >= 4 is 33.1 Å². The fraction of sp³-hybridized carbons (Fsp3) is 0.0417. The molecule has 0 amide bonds. The number of rotatable bonds is 2. The van der Waals surface area contributed by atoms with E-state index in [0.29, 0.717) is 26.8 Å². The first-order valence-corrected chi connectivity index (χ1v) is 9.26. The van der Waals surface area contributed by atoms with Gasteiger partial charge in [0.25, 0.3) is 5.56 Å². The molecule has 0 saturated carbocycles. The second kappa shape index (κ2) is 7.87. The molecule has 7 heteroatoms. The molecule has 2 aliphatic rings. The number of nitrogens with zero attached hydrogens (tertiary/aromatic N) is 1. The number of methoxy groups -OCH3 is 1. The van der Waals surface area contributed by atoms with Gasteiger partial charge in [-0.25, -0.2) is 4.98 Å². The number of aliphatic hydroxyl groups is 1. The first-order valence-electron chi connectivity index (χ1n) is 9.26. The Hall–Kier alpha value is -3.09. The Kier molecular flexibility index (Phi) is 5.37. The molecule has 0 bridgehead atoms. The molecule has 0 saturated heterocycles. The number of ether oxygens (including phenoxy) is 1. The van der Waals surface area contributed by atoms with Gasteiger partial charge in [0, 0.05) is 59.5 Å². The van der Waals surface area contributed by atoms with E-state index < -0.39 is 5.56 Å². The Labute approximate surface area is 200 Å². The van der Waals surface area contributed by atoms with Crippen LogP contribution in [0.4, 0.5) is 5.69 Å². The Morgan fingerprint density at radius 3 is 2.29 bits per heavy atom. The zero-order valence-corrected chi connectivity index (χ0v) is 19.3. The number of hydrogen-bond donors (Lipinski definition) is 1. The van der Waals surface area contributed by atoms with E-state index in [4.69, 9.17) is 10.5 Å². The number of nitrogens with one attached hydrogen (secondary N) is 1. The fourth-order valence-electron chi connectivity index (χ4n) is 4.05. The predicted octanol–water partition coefficient (Wildman–Crippen LogP) is 3.39. The summed E-state index contributed by atoms with van der Waals surface area (Å²) in [6, 6.07) is 17.0. The third-order valence-corrected chi connectivity index (χ3v) is 5.36. The van der Waals surface area contributed by atoms with Gasteiger partial charge in [0.15, 0.2) is 5.43 Å². The van der Waals surface area contributed by atoms with Crippen LogP contribution in [0.25, 0.3) is 33.2 Å². The van der Waals surface area contributed by atoms with Crippen LogP contribution in [-0.4, -0.2) is 17.2 Å². The molecular formula is C24H15N2O4Y-. The summed E-state index contributed by atoms with van der Waals surface area (Å²) in [5.41, 5.74) is 8.10. The average molecular weight is 484 g/mol. The molecule has 0 fully saturated rings. The van der Waals surface area contributed by atoms with Gasteiger partial charge in [0.1, 0.15) is 17.0 Å². The number of hydrogen-bond acceptors (Lipinski definition) is 5. The standard InChI is InChI=1S/C24H16N2O4.Y/c1-30-16-11-15(25)18-19-17(13-9-5-6-10-14(13)23(18)28)20(24(29)26-21(16)19)22(27)12-7-3-2-4-8-12;/h2-11H,1H3,(H3,25,26,27,28,29);/p-1. The summed E-state index contributed by atoms with van der Waals surface area (Å²) in [6.07, 6.45) is 0. The quantitative estimate of drug-likeness (QED) is 0.414. The van der Waals surface area contributed by atoms with Crippen molar-refractivity contribution in [1.82, 2.24) is 4.98 Å². The zero-order valence-electron chi connectivity index (χ0n) is 16.5. The molecule has 3 aromatic carbocycles. The van der Waals surface area contributed by atoms with E-state index >= 15 is 0 Å². The first-order chi connectivity index (χ1) is 14.5. The summed E-state index contributed by atoms with van der Waals surface area (Å²) in [5, 5.41) is 12.8. The van der Waals surface area contributed by atoms with Gasteiger partial charge < -0.3 is 15.6 Å².